The molecule has 7 atom stereocenters. The minimum Gasteiger partial charge on any atom is -0.466 e. The van der Waals surface area contributed by atoms with Gasteiger partial charge in [-0.3, -0.25) is 4.79 Å². The zero-order valence-electron chi connectivity index (χ0n) is 25.1. The van der Waals surface area contributed by atoms with Crippen molar-refractivity contribution in [1.29, 1.82) is 0 Å². The lowest BCUT2D eigenvalue weighted by Crippen LogP contribution is -2.35. The number of unbranched alkanes of at least 4 members (excludes halogenated alkanes) is 2. The molecule has 0 radical (unpaired) electrons. The summed E-state index contributed by atoms with van der Waals surface area (Å²) in [7, 11) is 1.66. The molecule has 39 heavy (non-hydrogen) atoms. The Kier molecular flexibility index (Phi) is 14.2. The molecule has 3 fully saturated rings. The summed E-state index contributed by atoms with van der Waals surface area (Å²) in [5.41, 5.74) is 0. The number of esters is 1. The standard InChI is InChI=1S/C31H54O8/c1-6-7-8-13-24(37-29-14-9-11-19-35-29)16-17-25-26(18-21-34-23(2)32)28(39-31(3,4)33-5)22-27(25)38-30-15-10-12-20-36-30/h16-17,24-30H,6-15,18-22H2,1-5H3/t24-,25-,26-,27-,28+,29?,30?/m0/s1. The van der Waals surface area contributed by atoms with Gasteiger partial charge in [-0.1, -0.05) is 38.3 Å². The predicted octanol–water partition coefficient (Wildman–Crippen LogP) is 6.30. The highest BCUT2D eigenvalue weighted by atomic mass is 16.7. The first-order valence-corrected chi connectivity index (χ1v) is 15.4. The molecule has 0 spiro atoms. The van der Waals surface area contributed by atoms with Crippen LogP contribution < -0.4 is 0 Å². The van der Waals surface area contributed by atoms with Crippen LogP contribution >= 0.6 is 0 Å². The van der Waals surface area contributed by atoms with Crippen LogP contribution in [-0.2, 0) is 38.0 Å². The number of hydrogen-bond donors (Lipinski definition) is 0. The molecule has 0 aromatic carbocycles. The maximum atomic E-state index is 11.6. The highest BCUT2D eigenvalue weighted by molar-refractivity contribution is 5.65. The van der Waals surface area contributed by atoms with Crippen LogP contribution in [0, 0.1) is 11.8 Å². The van der Waals surface area contributed by atoms with Gasteiger partial charge in [-0.05, 0) is 71.1 Å². The second-order valence-electron chi connectivity index (χ2n) is 11.7. The molecule has 2 unspecified atom stereocenters. The van der Waals surface area contributed by atoms with E-state index in [1.807, 2.05) is 13.8 Å². The molecule has 3 aliphatic rings. The maximum absolute atomic E-state index is 11.6. The first-order valence-electron chi connectivity index (χ1n) is 15.4. The first kappa shape index (κ1) is 32.5. The summed E-state index contributed by atoms with van der Waals surface area (Å²) in [5, 5.41) is 0. The van der Waals surface area contributed by atoms with Crippen LogP contribution in [0.4, 0.5) is 0 Å². The fraction of sp³-hybridized carbons (Fsp3) is 0.903. The van der Waals surface area contributed by atoms with Gasteiger partial charge in [0.2, 0.25) is 0 Å². The number of hydrogen-bond acceptors (Lipinski definition) is 8. The average molecular weight is 555 g/mol. The summed E-state index contributed by atoms with van der Waals surface area (Å²) in [6.07, 6.45) is 16.1. The molecule has 0 aromatic rings. The lowest BCUT2D eigenvalue weighted by atomic mass is 9.89. The Morgan fingerprint density at radius 3 is 2.36 bits per heavy atom. The van der Waals surface area contributed by atoms with Crippen LogP contribution in [0.1, 0.15) is 105 Å². The minimum atomic E-state index is -0.737. The molecule has 2 saturated heterocycles. The van der Waals surface area contributed by atoms with Crippen LogP contribution in [0.2, 0.25) is 0 Å². The van der Waals surface area contributed by atoms with Gasteiger partial charge < -0.3 is 33.2 Å². The third-order valence-corrected chi connectivity index (χ3v) is 8.12. The molecule has 1 saturated carbocycles. The van der Waals surface area contributed by atoms with Crippen molar-refractivity contribution in [1.82, 2.24) is 0 Å². The van der Waals surface area contributed by atoms with E-state index in [1.165, 1.54) is 19.8 Å². The van der Waals surface area contributed by atoms with Crippen molar-refractivity contribution in [2.45, 2.75) is 141 Å². The number of ether oxygens (including phenoxy) is 7. The van der Waals surface area contributed by atoms with E-state index in [-0.39, 0.29) is 48.7 Å². The van der Waals surface area contributed by atoms with Gasteiger partial charge in [0.15, 0.2) is 18.4 Å². The molecule has 2 aliphatic heterocycles. The summed E-state index contributed by atoms with van der Waals surface area (Å²) in [5.74, 6) is -0.854. The monoisotopic (exact) mass is 554 g/mol. The van der Waals surface area contributed by atoms with Crippen molar-refractivity contribution >= 4 is 5.97 Å². The smallest absolute Gasteiger partial charge is 0.302 e. The fourth-order valence-corrected chi connectivity index (χ4v) is 5.85. The summed E-state index contributed by atoms with van der Waals surface area (Å²) in [4.78, 5) is 11.6. The lowest BCUT2D eigenvalue weighted by molar-refractivity contribution is -0.233. The second-order valence-corrected chi connectivity index (χ2v) is 11.7. The largest absolute Gasteiger partial charge is 0.466 e. The van der Waals surface area contributed by atoms with Crippen LogP contribution in [-0.4, -0.2) is 69.6 Å². The highest BCUT2D eigenvalue weighted by Crippen LogP contribution is 2.42. The van der Waals surface area contributed by atoms with Crippen molar-refractivity contribution in [3.05, 3.63) is 12.2 Å². The van der Waals surface area contributed by atoms with E-state index in [0.717, 1.165) is 71.0 Å². The van der Waals surface area contributed by atoms with E-state index >= 15 is 0 Å². The number of methoxy groups -OCH3 is 1. The van der Waals surface area contributed by atoms with Crippen LogP contribution in [0.5, 0.6) is 0 Å². The second kappa shape index (κ2) is 17.0. The van der Waals surface area contributed by atoms with Crippen LogP contribution in [0.3, 0.4) is 0 Å². The van der Waals surface area contributed by atoms with Gasteiger partial charge in [0.25, 0.3) is 0 Å². The average Bonchev–Trinajstić information content (AvgIpc) is 3.22. The van der Waals surface area contributed by atoms with E-state index in [4.69, 9.17) is 33.2 Å². The Bertz CT molecular complexity index is 713. The van der Waals surface area contributed by atoms with E-state index in [1.54, 1.807) is 7.11 Å². The summed E-state index contributed by atoms with van der Waals surface area (Å²) in [6.45, 7) is 9.38. The molecule has 0 bridgehead atoms. The first-order chi connectivity index (χ1) is 18.8. The van der Waals surface area contributed by atoms with E-state index in [9.17, 15) is 4.79 Å². The van der Waals surface area contributed by atoms with Crippen molar-refractivity contribution in [2.75, 3.05) is 26.9 Å². The molecule has 3 rings (SSSR count). The molecular weight excluding hydrogens is 500 g/mol. The van der Waals surface area contributed by atoms with Crippen molar-refractivity contribution in [3.8, 4) is 0 Å². The van der Waals surface area contributed by atoms with Gasteiger partial charge in [-0.25, -0.2) is 0 Å². The molecule has 0 amide bonds. The van der Waals surface area contributed by atoms with Crippen LogP contribution in [0.25, 0.3) is 0 Å². The Hall–Kier alpha value is -1.03. The Labute approximate surface area is 236 Å². The van der Waals surface area contributed by atoms with E-state index in [2.05, 4.69) is 19.1 Å². The van der Waals surface area contributed by atoms with Gasteiger partial charge in [0.05, 0.1) is 24.9 Å². The topological polar surface area (TPSA) is 81.7 Å². The summed E-state index contributed by atoms with van der Waals surface area (Å²) >= 11 is 0. The van der Waals surface area contributed by atoms with Crippen molar-refractivity contribution in [2.24, 2.45) is 11.8 Å². The highest BCUT2D eigenvalue weighted by Gasteiger charge is 2.46. The molecule has 8 nitrogen and oxygen atoms in total. The SMILES string of the molecule is CCCCC[C@@H](C=C[C@H]1[C@H](CCOC(C)=O)[C@H](OC(C)(C)OC)C[C@@H]1OC1CCCCO1)OC1CCCCO1. The normalized spacial score (nSPS) is 31.0. The van der Waals surface area contributed by atoms with Gasteiger partial charge in [-0.15, -0.1) is 0 Å². The van der Waals surface area contributed by atoms with Gasteiger partial charge >= 0.3 is 5.97 Å². The third-order valence-electron chi connectivity index (χ3n) is 8.12. The van der Waals surface area contributed by atoms with E-state index < -0.39 is 5.79 Å². The summed E-state index contributed by atoms with van der Waals surface area (Å²) in [6, 6.07) is 0. The number of rotatable bonds is 16. The maximum Gasteiger partial charge on any atom is 0.302 e. The zero-order valence-corrected chi connectivity index (χ0v) is 25.1. The molecule has 1 aliphatic carbocycles. The Balaban J connectivity index is 1.81. The van der Waals surface area contributed by atoms with Gasteiger partial charge in [-0.2, -0.15) is 0 Å². The van der Waals surface area contributed by atoms with E-state index in [0.29, 0.717) is 13.0 Å². The third kappa shape index (κ3) is 11.4. The molecule has 2 heterocycles. The zero-order chi connectivity index (χ0) is 28.1. The summed E-state index contributed by atoms with van der Waals surface area (Å²) < 4.78 is 42.5. The lowest BCUT2D eigenvalue weighted by Gasteiger charge is -2.32. The molecule has 0 N–H and O–H groups in total. The van der Waals surface area contributed by atoms with Gasteiger partial charge in [0.1, 0.15) is 0 Å². The Morgan fingerprint density at radius 2 is 1.74 bits per heavy atom. The van der Waals surface area contributed by atoms with Gasteiger partial charge in [0, 0.05) is 39.6 Å². The van der Waals surface area contributed by atoms with Crippen molar-refractivity contribution < 1.29 is 38.0 Å². The molecular formula is C31H54O8. The van der Waals surface area contributed by atoms with Crippen LogP contribution in [0.15, 0.2) is 12.2 Å². The quantitative estimate of drug-likeness (QED) is 0.0951. The molecule has 0 aromatic heterocycles. The Morgan fingerprint density at radius 1 is 1.03 bits per heavy atom. The minimum absolute atomic E-state index is 0.0178. The number of carbonyl (C=O) groups is 1. The molecule has 8 heteroatoms. The predicted molar refractivity (Wildman–Crippen MR) is 149 cm³/mol. The number of carbonyl (C=O) groups excluding carboxylic acids is 1. The van der Waals surface area contributed by atoms with Crippen molar-refractivity contribution in [3.63, 3.8) is 0 Å². The fourth-order valence-electron chi connectivity index (χ4n) is 5.85. The molecule has 226 valence electrons.